The Kier molecular flexibility index (Phi) is 7.50. The summed E-state index contributed by atoms with van der Waals surface area (Å²) >= 11 is 0. The molecule has 0 radical (unpaired) electrons. The predicted molar refractivity (Wildman–Crippen MR) is 170 cm³/mol. The zero-order valence-electron chi connectivity index (χ0n) is 24.0. The van der Waals surface area contributed by atoms with E-state index in [1.165, 1.54) is 5.56 Å². The van der Waals surface area contributed by atoms with E-state index in [9.17, 15) is 5.11 Å². The van der Waals surface area contributed by atoms with Crippen molar-refractivity contribution < 1.29 is 30.6 Å². The maximum absolute atomic E-state index is 10.5. The number of rotatable bonds is 4. The minimum absolute atomic E-state index is 0. The molecule has 0 aliphatic carbocycles. The van der Waals surface area contributed by atoms with E-state index in [0.717, 1.165) is 49.8 Å². The van der Waals surface area contributed by atoms with Crippen LogP contribution in [0.4, 0.5) is 0 Å². The van der Waals surface area contributed by atoms with Crippen LogP contribution in [0.25, 0.3) is 66.8 Å². The normalized spacial score (nSPS) is 11.5. The van der Waals surface area contributed by atoms with Crippen molar-refractivity contribution in [3.8, 4) is 50.6 Å². The van der Waals surface area contributed by atoms with Gasteiger partial charge in [-0.1, -0.05) is 110 Å². The molecule has 0 bridgehead atoms. The number of aromatic nitrogens is 2. The van der Waals surface area contributed by atoms with E-state index in [1.54, 1.807) is 18.2 Å². The second kappa shape index (κ2) is 11.3. The molecule has 43 heavy (non-hydrogen) atoms. The van der Waals surface area contributed by atoms with Crippen molar-refractivity contribution in [3.05, 3.63) is 127 Å². The molecule has 0 saturated heterocycles. The fourth-order valence-corrected chi connectivity index (χ4v) is 5.42. The molecule has 0 saturated carbocycles. The molecule has 0 fully saturated rings. The largest absolute Gasteiger partial charge is 0.507 e. The molecule has 0 spiro atoms. The zero-order valence-corrected chi connectivity index (χ0v) is 26.3. The third-order valence-electron chi connectivity index (χ3n) is 7.68. The maximum atomic E-state index is 10.5. The summed E-state index contributed by atoms with van der Waals surface area (Å²) in [7, 11) is 0. The van der Waals surface area contributed by atoms with Gasteiger partial charge in [-0.25, -0.2) is 4.98 Å². The summed E-state index contributed by atoms with van der Waals surface area (Å²) in [5.41, 5.74) is 10.1. The van der Waals surface area contributed by atoms with E-state index in [-0.39, 0.29) is 32.2 Å². The third kappa shape index (κ3) is 5.40. The first kappa shape index (κ1) is 28.6. The van der Waals surface area contributed by atoms with E-state index in [1.807, 2.05) is 42.6 Å². The van der Waals surface area contributed by atoms with Gasteiger partial charge >= 0.3 is 0 Å². The third-order valence-corrected chi connectivity index (χ3v) is 7.68. The molecular weight excluding hydrogens is 712 g/mol. The van der Waals surface area contributed by atoms with Gasteiger partial charge in [0.1, 0.15) is 11.3 Å². The van der Waals surface area contributed by atoms with E-state index in [0.29, 0.717) is 17.0 Å². The monoisotopic (exact) mass is 740 g/mol. The van der Waals surface area contributed by atoms with Crippen LogP contribution >= 0.6 is 0 Å². The van der Waals surface area contributed by atoms with Gasteiger partial charge < -0.3 is 9.52 Å². The van der Waals surface area contributed by atoms with Crippen molar-refractivity contribution in [1.29, 1.82) is 0 Å². The van der Waals surface area contributed by atoms with Gasteiger partial charge in [0, 0.05) is 32.8 Å². The first-order valence-electron chi connectivity index (χ1n) is 14.1. The van der Waals surface area contributed by atoms with Gasteiger partial charge in [0.2, 0.25) is 5.89 Å². The molecule has 5 aromatic carbocycles. The van der Waals surface area contributed by atoms with Gasteiger partial charge in [-0.05, 0) is 46.2 Å². The molecule has 0 atom stereocenters. The Balaban J connectivity index is 0.00000329. The van der Waals surface area contributed by atoms with Crippen LogP contribution < -0.4 is 0 Å². The van der Waals surface area contributed by atoms with E-state index in [2.05, 4.69) is 81.4 Å². The number of hydrogen-bond donors (Lipinski definition) is 1. The molecule has 5 heteroatoms. The first-order valence-corrected chi connectivity index (χ1v) is 14.1. The fourth-order valence-electron chi connectivity index (χ4n) is 5.42. The van der Waals surface area contributed by atoms with Crippen LogP contribution in [0.3, 0.4) is 0 Å². The summed E-state index contributed by atoms with van der Waals surface area (Å²) in [6.07, 6.45) is 1.85. The molecule has 0 amide bonds. The average molecular weight is 741 g/mol. The van der Waals surface area contributed by atoms with Gasteiger partial charge in [-0.3, -0.25) is 4.98 Å². The molecule has 7 rings (SSSR count). The SMILES string of the molecule is CC(C)(C)c1cc(-c2[c-]c(-c3cccc4oc(-c5ccccc5O)nc34)cc(-c3ccccc3)c2)c2ncccc2c1.[Pt]. The first-order chi connectivity index (χ1) is 20.3. The molecule has 1 N–H and O–H groups in total. The minimum Gasteiger partial charge on any atom is -0.507 e. The van der Waals surface area contributed by atoms with Crippen molar-refractivity contribution in [2.24, 2.45) is 0 Å². The molecule has 7 aromatic rings. The van der Waals surface area contributed by atoms with Crippen LogP contribution in [0, 0.1) is 6.07 Å². The summed E-state index contributed by atoms with van der Waals surface area (Å²) in [4.78, 5) is 9.67. The van der Waals surface area contributed by atoms with Crippen LogP contribution in [0.5, 0.6) is 5.75 Å². The topological polar surface area (TPSA) is 59.2 Å². The Hall–Kier alpha value is -4.53. The van der Waals surface area contributed by atoms with Crippen molar-refractivity contribution in [1.82, 2.24) is 9.97 Å². The van der Waals surface area contributed by atoms with Crippen LogP contribution in [0.1, 0.15) is 26.3 Å². The number of phenols is 1. The number of pyridine rings is 1. The summed E-state index contributed by atoms with van der Waals surface area (Å²) in [6.45, 7) is 6.70. The molecular formula is C38H29N2O2Pt-. The maximum Gasteiger partial charge on any atom is 0.230 e. The number of oxazole rings is 1. The summed E-state index contributed by atoms with van der Waals surface area (Å²) < 4.78 is 6.14. The van der Waals surface area contributed by atoms with Crippen LogP contribution in [-0.2, 0) is 26.5 Å². The van der Waals surface area contributed by atoms with Crippen molar-refractivity contribution in [2.75, 3.05) is 0 Å². The molecule has 0 aliphatic rings. The van der Waals surface area contributed by atoms with Crippen LogP contribution in [-0.4, -0.2) is 15.1 Å². The Morgan fingerprint density at radius 1 is 0.674 bits per heavy atom. The number of fused-ring (bicyclic) bond motifs is 2. The molecule has 2 heterocycles. The summed E-state index contributed by atoms with van der Waals surface area (Å²) in [5.74, 6) is 0.506. The second-order valence-electron chi connectivity index (χ2n) is 11.6. The number of nitrogens with zero attached hydrogens (tertiary/aromatic N) is 2. The van der Waals surface area contributed by atoms with Gasteiger partial charge in [0.15, 0.2) is 0 Å². The Morgan fingerprint density at radius 2 is 1.40 bits per heavy atom. The Bertz CT molecular complexity index is 2090. The summed E-state index contributed by atoms with van der Waals surface area (Å²) in [6, 6.07) is 40.1. The van der Waals surface area contributed by atoms with Crippen LogP contribution in [0.2, 0.25) is 0 Å². The molecule has 0 unspecified atom stereocenters. The zero-order chi connectivity index (χ0) is 28.8. The van der Waals surface area contributed by atoms with Gasteiger partial charge in [-0.2, -0.15) is 0 Å². The van der Waals surface area contributed by atoms with E-state index in [4.69, 9.17) is 14.4 Å². The van der Waals surface area contributed by atoms with Gasteiger partial charge in [-0.15, -0.1) is 29.3 Å². The number of para-hydroxylation sites is 2. The summed E-state index contributed by atoms with van der Waals surface area (Å²) in [5, 5.41) is 11.6. The van der Waals surface area contributed by atoms with Crippen molar-refractivity contribution in [3.63, 3.8) is 0 Å². The smallest absolute Gasteiger partial charge is 0.230 e. The standard InChI is InChI=1S/C38H29N2O2.Pt/c1-38(2,3)29-22-25-13-10-18-39-35(25)32(23-29)28-20-26(24-11-5-4-6-12-24)19-27(21-28)30-15-9-17-34-36(30)40-37(42-34)31-14-7-8-16-33(31)41;/h4-20,22-23,41H,1-3H3;/q-1;. The predicted octanol–water partition coefficient (Wildman–Crippen LogP) is 9.84. The van der Waals surface area contributed by atoms with Gasteiger partial charge in [0.05, 0.1) is 11.1 Å². The number of aromatic hydroxyl groups is 1. The van der Waals surface area contributed by atoms with Crippen molar-refractivity contribution >= 4 is 22.0 Å². The van der Waals surface area contributed by atoms with Crippen LogP contribution in [0.15, 0.2) is 120 Å². The quantitative estimate of drug-likeness (QED) is 0.183. The molecule has 214 valence electrons. The van der Waals surface area contributed by atoms with E-state index < -0.39 is 0 Å². The average Bonchev–Trinajstić information content (AvgIpc) is 3.45. The minimum atomic E-state index is -0.0373. The number of phenolic OH excluding ortho intramolecular Hbond substituents is 1. The molecule has 0 aliphatic heterocycles. The second-order valence-corrected chi connectivity index (χ2v) is 11.6. The molecule has 4 nitrogen and oxygen atoms in total. The van der Waals surface area contributed by atoms with E-state index >= 15 is 0 Å². The van der Waals surface area contributed by atoms with Crippen molar-refractivity contribution in [2.45, 2.75) is 26.2 Å². The fraction of sp³-hybridized carbons (Fsp3) is 0.105. The van der Waals surface area contributed by atoms with Gasteiger partial charge in [0.25, 0.3) is 0 Å². The number of benzene rings is 5. The Labute approximate surface area is 265 Å². The number of hydrogen-bond acceptors (Lipinski definition) is 4. The molecule has 2 aromatic heterocycles. The Morgan fingerprint density at radius 3 is 2.16 bits per heavy atom.